The Morgan fingerprint density at radius 3 is 1.93 bits per heavy atom. The first-order valence-corrected chi connectivity index (χ1v) is 8.65. The quantitative estimate of drug-likeness (QED) is 0.506. The van der Waals surface area contributed by atoms with Crippen molar-refractivity contribution in [3.05, 3.63) is 48.0 Å². The highest BCUT2D eigenvalue weighted by molar-refractivity contribution is 5.96. The minimum atomic E-state index is -0.472. The van der Waals surface area contributed by atoms with Gasteiger partial charge in [0.1, 0.15) is 23.0 Å². The summed E-state index contributed by atoms with van der Waals surface area (Å²) in [5.74, 6) is 1.61. The van der Waals surface area contributed by atoms with E-state index in [0.29, 0.717) is 35.8 Å². The van der Waals surface area contributed by atoms with E-state index in [-0.39, 0.29) is 12.3 Å². The first-order valence-electron chi connectivity index (χ1n) is 8.65. The summed E-state index contributed by atoms with van der Waals surface area (Å²) < 4.78 is 20.9. The predicted molar refractivity (Wildman–Crippen MR) is 103 cm³/mol. The minimum absolute atomic E-state index is 0.206. The van der Waals surface area contributed by atoms with Gasteiger partial charge in [-0.1, -0.05) is 0 Å². The smallest absolute Gasteiger partial charge is 0.269 e. The molecule has 0 atom stereocenters. The Labute approximate surface area is 163 Å². The number of hydrazine groups is 1. The van der Waals surface area contributed by atoms with E-state index in [1.54, 1.807) is 49.6 Å². The fraction of sp³-hybridized carbons (Fsp3) is 0.300. The summed E-state index contributed by atoms with van der Waals surface area (Å²) in [5, 5.41) is 0. The van der Waals surface area contributed by atoms with Crippen molar-refractivity contribution in [2.75, 3.05) is 27.9 Å². The lowest BCUT2D eigenvalue weighted by molar-refractivity contribution is -0.122. The molecular formula is C20H24N2O6. The lowest BCUT2D eigenvalue weighted by atomic mass is 10.2. The second-order valence-corrected chi connectivity index (χ2v) is 5.73. The summed E-state index contributed by atoms with van der Waals surface area (Å²) >= 11 is 0. The van der Waals surface area contributed by atoms with Crippen LogP contribution in [0.25, 0.3) is 0 Å². The summed E-state index contributed by atoms with van der Waals surface area (Å²) in [6.45, 7) is 0.376. The topological polar surface area (TPSA) is 95.1 Å². The number of hydrogen-bond donors (Lipinski definition) is 2. The maximum atomic E-state index is 12.2. The third kappa shape index (κ3) is 6.39. The van der Waals surface area contributed by atoms with Crippen LogP contribution in [0, 0.1) is 0 Å². The van der Waals surface area contributed by atoms with Crippen molar-refractivity contribution < 1.29 is 28.5 Å². The molecule has 2 amide bonds. The van der Waals surface area contributed by atoms with Crippen LogP contribution in [0.5, 0.6) is 23.0 Å². The van der Waals surface area contributed by atoms with Crippen LogP contribution < -0.4 is 29.8 Å². The number of carbonyl (C=O) groups is 2. The van der Waals surface area contributed by atoms with Gasteiger partial charge < -0.3 is 18.9 Å². The van der Waals surface area contributed by atoms with Gasteiger partial charge in [0.15, 0.2) is 0 Å². The Bertz CT molecular complexity index is 770. The van der Waals surface area contributed by atoms with Crippen LogP contribution in [0.15, 0.2) is 42.5 Å². The highest BCUT2D eigenvalue weighted by atomic mass is 16.5. The van der Waals surface area contributed by atoms with E-state index in [9.17, 15) is 9.59 Å². The standard InChI is InChI=1S/C20H24N2O6/c1-25-15-6-8-16(9-7-15)28-10-4-5-19(23)21-22-20(24)14-11-17(26-2)13-18(12-14)27-3/h6-9,11-13H,4-5,10H2,1-3H3,(H,21,23)(H,22,24). The van der Waals surface area contributed by atoms with Crippen LogP contribution in [-0.4, -0.2) is 39.8 Å². The third-order valence-electron chi connectivity index (χ3n) is 3.81. The number of hydrogen-bond acceptors (Lipinski definition) is 6. The Hall–Kier alpha value is -3.42. The second kappa shape index (κ2) is 10.7. The summed E-state index contributed by atoms with van der Waals surface area (Å²) in [4.78, 5) is 24.1. The van der Waals surface area contributed by atoms with Gasteiger partial charge in [0, 0.05) is 18.1 Å². The molecule has 0 saturated heterocycles. The zero-order valence-electron chi connectivity index (χ0n) is 16.1. The molecule has 0 aromatic heterocycles. The lowest BCUT2D eigenvalue weighted by Gasteiger charge is -2.10. The average Bonchev–Trinajstić information content (AvgIpc) is 2.74. The number of ether oxygens (including phenoxy) is 4. The largest absolute Gasteiger partial charge is 0.497 e. The molecule has 0 saturated carbocycles. The SMILES string of the molecule is COc1ccc(OCCCC(=O)NNC(=O)c2cc(OC)cc(OC)c2)cc1. The fourth-order valence-electron chi connectivity index (χ4n) is 2.29. The Morgan fingerprint density at radius 1 is 0.786 bits per heavy atom. The van der Waals surface area contributed by atoms with E-state index in [0.717, 1.165) is 5.75 Å². The zero-order chi connectivity index (χ0) is 20.4. The van der Waals surface area contributed by atoms with Gasteiger partial charge in [-0.15, -0.1) is 0 Å². The van der Waals surface area contributed by atoms with Crippen LogP contribution in [0.4, 0.5) is 0 Å². The molecular weight excluding hydrogens is 364 g/mol. The molecule has 0 aliphatic heterocycles. The van der Waals surface area contributed by atoms with Crippen molar-refractivity contribution in [1.82, 2.24) is 10.9 Å². The highest BCUT2D eigenvalue weighted by Gasteiger charge is 2.11. The fourth-order valence-corrected chi connectivity index (χ4v) is 2.29. The monoisotopic (exact) mass is 388 g/mol. The molecule has 28 heavy (non-hydrogen) atoms. The van der Waals surface area contributed by atoms with Crippen LogP contribution in [0.1, 0.15) is 23.2 Å². The van der Waals surface area contributed by atoms with Crippen molar-refractivity contribution in [3.63, 3.8) is 0 Å². The van der Waals surface area contributed by atoms with E-state index < -0.39 is 5.91 Å². The molecule has 8 heteroatoms. The molecule has 0 aliphatic rings. The molecule has 8 nitrogen and oxygen atoms in total. The van der Waals surface area contributed by atoms with Crippen molar-refractivity contribution >= 4 is 11.8 Å². The number of carbonyl (C=O) groups excluding carboxylic acids is 2. The molecule has 2 rings (SSSR count). The maximum Gasteiger partial charge on any atom is 0.269 e. The number of amides is 2. The Kier molecular flexibility index (Phi) is 7.95. The van der Waals surface area contributed by atoms with Crippen molar-refractivity contribution in [2.24, 2.45) is 0 Å². The van der Waals surface area contributed by atoms with Crippen LogP contribution >= 0.6 is 0 Å². The number of methoxy groups -OCH3 is 3. The molecule has 0 spiro atoms. The number of rotatable bonds is 9. The van der Waals surface area contributed by atoms with Crippen LogP contribution in [0.3, 0.4) is 0 Å². The van der Waals surface area contributed by atoms with Gasteiger partial charge in [-0.2, -0.15) is 0 Å². The average molecular weight is 388 g/mol. The van der Waals surface area contributed by atoms with Gasteiger partial charge in [0.05, 0.1) is 27.9 Å². The van der Waals surface area contributed by atoms with E-state index in [1.807, 2.05) is 0 Å². The molecule has 0 aliphatic carbocycles. The Morgan fingerprint density at radius 2 is 1.36 bits per heavy atom. The normalized spacial score (nSPS) is 9.96. The summed E-state index contributed by atoms with van der Waals surface area (Å²) in [7, 11) is 4.58. The van der Waals surface area contributed by atoms with E-state index in [4.69, 9.17) is 18.9 Å². The molecule has 0 radical (unpaired) electrons. The van der Waals surface area contributed by atoms with Crippen LogP contribution in [-0.2, 0) is 4.79 Å². The van der Waals surface area contributed by atoms with E-state index in [1.165, 1.54) is 14.2 Å². The molecule has 2 aromatic rings. The minimum Gasteiger partial charge on any atom is -0.497 e. The molecule has 0 heterocycles. The summed E-state index contributed by atoms with van der Waals surface area (Å²) in [5.41, 5.74) is 5.05. The molecule has 2 N–H and O–H groups in total. The van der Waals surface area contributed by atoms with E-state index in [2.05, 4.69) is 10.9 Å². The van der Waals surface area contributed by atoms with Crippen molar-refractivity contribution in [3.8, 4) is 23.0 Å². The van der Waals surface area contributed by atoms with Gasteiger partial charge in [-0.3, -0.25) is 20.4 Å². The second-order valence-electron chi connectivity index (χ2n) is 5.73. The zero-order valence-corrected chi connectivity index (χ0v) is 16.1. The molecule has 0 unspecified atom stereocenters. The number of nitrogens with one attached hydrogen (secondary N) is 2. The highest BCUT2D eigenvalue weighted by Crippen LogP contribution is 2.22. The van der Waals surface area contributed by atoms with Gasteiger partial charge >= 0.3 is 0 Å². The molecule has 0 bridgehead atoms. The summed E-state index contributed by atoms with van der Waals surface area (Å²) in [6.07, 6.45) is 0.707. The first-order chi connectivity index (χ1) is 13.5. The molecule has 150 valence electrons. The third-order valence-corrected chi connectivity index (χ3v) is 3.81. The van der Waals surface area contributed by atoms with E-state index >= 15 is 0 Å². The number of benzene rings is 2. The van der Waals surface area contributed by atoms with Gasteiger partial charge in [-0.05, 0) is 42.8 Å². The predicted octanol–water partition coefficient (Wildman–Crippen LogP) is 2.33. The molecule has 0 fully saturated rings. The van der Waals surface area contributed by atoms with Crippen molar-refractivity contribution in [2.45, 2.75) is 12.8 Å². The maximum absolute atomic E-state index is 12.2. The van der Waals surface area contributed by atoms with Crippen molar-refractivity contribution in [1.29, 1.82) is 0 Å². The van der Waals surface area contributed by atoms with Crippen LogP contribution in [0.2, 0.25) is 0 Å². The summed E-state index contributed by atoms with van der Waals surface area (Å²) in [6, 6.07) is 11.9. The first kappa shape index (κ1) is 20.9. The Balaban J connectivity index is 1.72. The van der Waals surface area contributed by atoms with Gasteiger partial charge in [0.25, 0.3) is 5.91 Å². The lowest BCUT2D eigenvalue weighted by Crippen LogP contribution is -2.41. The molecule has 2 aromatic carbocycles. The van der Waals surface area contributed by atoms with Gasteiger partial charge in [-0.25, -0.2) is 0 Å². The van der Waals surface area contributed by atoms with Gasteiger partial charge in [0.2, 0.25) is 5.91 Å².